The highest BCUT2D eigenvalue weighted by Gasteiger charge is 2.15. The highest BCUT2D eigenvalue weighted by Crippen LogP contribution is 2.18. The maximum absolute atomic E-state index is 12.2. The minimum absolute atomic E-state index is 0.113. The minimum Gasteiger partial charge on any atom is -0.494 e. The van der Waals surface area contributed by atoms with E-state index < -0.39 is 10.0 Å². The van der Waals surface area contributed by atoms with E-state index in [-0.39, 0.29) is 17.3 Å². The third-order valence-electron chi connectivity index (χ3n) is 2.65. The summed E-state index contributed by atoms with van der Waals surface area (Å²) in [6.45, 7) is 2.12. The van der Waals surface area contributed by atoms with Crippen LogP contribution in [0.15, 0.2) is 47.4 Å². The van der Waals surface area contributed by atoms with Crippen LogP contribution in [0.4, 0.5) is 5.82 Å². The summed E-state index contributed by atoms with van der Waals surface area (Å²) in [6, 6.07) is 10.9. The van der Waals surface area contributed by atoms with Gasteiger partial charge in [0.15, 0.2) is 0 Å². The van der Waals surface area contributed by atoms with Gasteiger partial charge in [-0.3, -0.25) is 4.72 Å². The van der Waals surface area contributed by atoms with Crippen molar-refractivity contribution in [2.75, 3.05) is 11.3 Å². The Morgan fingerprint density at radius 2 is 1.90 bits per heavy atom. The number of nitrogens with one attached hydrogen (secondary N) is 1. The zero-order valence-electron chi connectivity index (χ0n) is 11.5. The average Bonchev–Trinajstić information content (AvgIpc) is 2.48. The molecule has 6 nitrogen and oxygen atoms in total. The first-order chi connectivity index (χ1) is 10.0. The number of rotatable bonds is 6. The van der Waals surface area contributed by atoms with Crippen LogP contribution in [0.1, 0.15) is 12.6 Å². The van der Waals surface area contributed by atoms with Gasteiger partial charge < -0.3 is 9.84 Å². The molecular formula is C14H16N2O4S. The van der Waals surface area contributed by atoms with Gasteiger partial charge >= 0.3 is 0 Å². The smallest absolute Gasteiger partial charge is 0.263 e. The van der Waals surface area contributed by atoms with Crippen molar-refractivity contribution in [2.45, 2.75) is 18.4 Å². The molecule has 0 aliphatic heterocycles. The number of hydrogen-bond donors (Lipinski definition) is 2. The Balaban J connectivity index is 2.21. The first-order valence-corrected chi connectivity index (χ1v) is 7.86. The molecule has 0 fully saturated rings. The summed E-state index contributed by atoms with van der Waals surface area (Å²) in [4.78, 5) is 4.10. The van der Waals surface area contributed by atoms with Crippen LogP contribution in [0.2, 0.25) is 0 Å². The van der Waals surface area contributed by atoms with Crippen molar-refractivity contribution in [3.63, 3.8) is 0 Å². The largest absolute Gasteiger partial charge is 0.494 e. The highest BCUT2D eigenvalue weighted by atomic mass is 32.2. The maximum atomic E-state index is 12.2. The van der Waals surface area contributed by atoms with Crippen LogP contribution < -0.4 is 9.46 Å². The molecule has 0 aliphatic carbocycles. The van der Waals surface area contributed by atoms with Crippen molar-refractivity contribution in [2.24, 2.45) is 0 Å². The van der Waals surface area contributed by atoms with Crippen molar-refractivity contribution in [3.05, 3.63) is 48.2 Å². The predicted molar refractivity (Wildman–Crippen MR) is 78.6 cm³/mol. The fraction of sp³-hybridized carbons (Fsp3) is 0.214. The fourth-order valence-electron chi connectivity index (χ4n) is 1.70. The predicted octanol–water partition coefficient (Wildman–Crippen LogP) is 1.77. The molecule has 0 unspecified atom stereocenters. The molecule has 1 heterocycles. The first kappa shape index (κ1) is 15.3. The van der Waals surface area contributed by atoms with E-state index in [0.29, 0.717) is 18.1 Å². The van der Waals surface area contributed by atoms with Crippen LogP contribution in [-0.2, 0) is 16.6 Å². The van der Waals surface area contributed by atoms with E-state index in [1.165, 1.54) is 18.2 Å². The molecule has 112 valence electrons. The summed E-state index contributed by atoms with van der Waals surface area (Å²) in [5.41, 5.74) is 0.391. The van der Waals surface area contributed by atoms with Gasteiger partial charge in [0.05, 0.1) is 23.8 Å². The number of benzene rings is 1. The molecule has 1 aromatic heterocycles. The van der Waals surface area contributed by atoms with Crippen molar-refractivity contribution in [1.82, 2.24) is 4.98 Å². The Bertz CT molecular complexity index is 699. The van der Waals surface area contributed by atoms with E-state index in [4.69, 9.17) is 9.84 Å². The fourth-order valence-corrected chi connectivity index (χ4v) is 2.70. The van der Waals surface area contributed by atoms with Gasteiger partial charge in [-0.25, -0.2) is 13.4 Å². The van der Waals surface area contributed by atoms with E-state index in [1.54, 1.807) is 24.3 Å². The second kappa shape index (κ2) is 6.55. The second-order valence-electron chi connectivity index (χ2n) is 4.18. The molecule has 0 bridgehead atoms. The SMILES string of the molecule is CCOc1ccc(S(=O)(=O)Nc2cccc(CO)n2)cc1. The van der Waals surface area contributed by atoms with Gasteiger partial charge in [-0.15, -0.1) is 0 Å². The lowest BCUT2D eigenvalue weighted by Gasteiger charge is -2.09. The average molecular weight is 308 g/mol. The lowest BCUT2D eigenvalue weighted by molar-refractivity contribution is 0.277. The number of anilines is 1. The molecule has 2 N–H and O–H groups in total. The lowest BCUT2D eigenvalue weighted by Crippen LogP contribution is -2.14. The molecule has 2 rings (SSSR count). The number of nitrogens with zero attached hydrogens (tertiary/aromatic N) is 1. The Hall–Kier alpha value is -2.12. The number of aliphatic hydroxyl groups is 1. The Morgan fingerprint density at radius 3 is 2.52 bits per heavy atom. The van der Waals surface area contributed by atoms with Gasteiger partial charge in [0.2, 0.25) is 0 Å². The van der Waals surface area contributed by atoms with Crippen molar-refractivity contribution >= 4 is 15.8 Å². The molecule has 0 spiro atoms. The van der Waals surface area contributed by atoms with Gasteiger partial charge in [0.25, 0.3) is 10.0 Å². The van der Waals surface area contributed by atoms with E-state index >= 15 is 0 Å². The molecule has 0 saturated heterocycles. The number of sulfonamides is 1. The number of hydrogen-bond acceptors (Lipinski definition) is 5. The molecular weight excluding hydrogens is 292 g/mol. The van der Waals surface area contributed by atoms with E-state index in [9.17, 15) is 8.42 Å². The summed E-state index contributed by atoms with van der Waals surface area (Å²) in [5.74, 6) is 0.771. The van der Waals surface area contributed by atoms with Crippen LogP contribution in [0.5, 0.6) is 5.75 Å². The quantitative estimate of drug-likeness (QED) is 0.849. The summed E-state index contributed by atoms with van der Waals surface area (Å²) < 4.78 is 32.1. The minimum atomic E-state index is -3.72. The molecule has 0 radical (unpaired) electrons. The number of aliphatic hydroxyl groups excluding tert-OH is 1. The van der Waals surface area contributed by atoms with Crippen LogP contribution in [0, 0.1) is 0 Å². The number of ether oxygens (including phenoxy) is 1. The summed E-state index contributed by atoms with van der Waals surface area (Å²) in [6.07, 6.45) is 0. The monoisotopic (exact) mass is 308 g/mol. The van der Waals surface area contributed by atoms with Crippen molar-refractivity contribution < 1.29 is 18.3 Å². The van der Waals surface area contributed by atoms with Gasteiger partial charge in [0.1, 0.15) is 11.6 Å². The van der Waals surface area contributed by atoms with Crippen molar-refractivity contribution in [1.29, 1.82) is 0 Å². The zero-order chi connectivity index (χ0) is 15.3. The molecule has 0 aliphatic rings. The van der Waals surface area contributed by atoms with Crippen LogP contribution in [0.25, 0.3) is 0 Å². The number of pyridine rings is 1. The normalized spacial score (nSPS) is 11.1. The Kier molecular flexibility index (Phi) is 4.77. The van der Waals surface area contributed by atoms with Gasteiger partial charge in [-0.1, -0.05) is 6.07 Å². The number of aromatic nitrogens is 1. The zero-order valence-corrected chi connectivity index (χ0v) is 12.3. The molecule has 7 heteroatoms. The van der Waals surface area contributed by atoms with Crippen LogP contribution >= 0.6 is 0 Å². The third kappa shape index (κ3) is 3.93. The summed E-state index contributed by atoms with van der Waals surface area (Å²) in [7, 11) is -3.72. The topological polar surface area (TPSA) is 88.5 Å². The second-order valence-corrected chi connectivity index (χ2v) is 5.86. The first-order valence-electron chi connectivity index (χ1n) is 6.37. The van der Waals surface area contributed by atoms with Crippen LogP contribution in [0.3, 0.4) is 0 Å². The Morgan fingerprint density at radius 1 is 1.19 bits per heavy atom. The summed E-state index contributed by atoms with van der Waals surface area (Å²) >= 11 is 0. The third-order valence-corrected chi connectivity index (χ3v) is 4.02. The molecule has 0 saturated carbocycles. The van der Waals surface area contributed by atoms with Gasteiger partial charge in [-0.05, 0) is 43.3 Å². The van der Waals surface area contributed by atoms with Crippen LogP contribution in [-0.4, -0.2) is 25.1 Å². The summed E-state index contributed by atoms with van der Waals surface area (Å²) in [5, 5.41) is 9.00. The van der Waals surface area contributed by atoms with Crippen molar-refractivity contribution in [3.8, 4) is 5.75 Å². The van der Waals surface area contributed by atoms with E-state index in [1.807, 2.05) is 6.92 Å². The molecule has 0 amide bonds. The highest BCUT2D eigenvalue weighted by molar-refractivity contribution is 7.92. The van der Waals surface area contributed by atoms with E-state index in [2.05, 4.69) is 9.71 Å². The molecule has 1 aromatic carbocycles. The Labute approximate surface area is 123 Å². The standard InChI is InChI=1S/C14H16N2O4S/c1-2-20-12-6-8-13(9-7-12)21(18,19)16-14-5-3-4-11(10-17)15-14/h3-9,17H,2,10H2,1H3,(H,15,16). The molecule has 21 heavy (non-hydrogen) atoms. The van der Waals surface area contributed by atoms with Gasteiger partial charge in [-0.2, -0.15) is 0 Å². The molecule has 2 aromatic rings. The van der Waals surface area contributed by atoms with Gasteiger partial charge in [0, 0.05) is 0 Å². The molecule has 0 atom stereocenters. The maximum Gasteiger partial charge on any atom is 0.263 e. The van der Waals surface area contributed by atoms with E-state index in [0.717, 1.165) is 0 Å². The lowest BCUT2D eigenvalue weighted by atomic mass is 10.3.